The minimum Gasteiger partial charge on any atom is -0.314 e. The van der Waals surface area contributed by atoms with E-state index in [0.717, 1.165) is 24.0 Å². The van der Waals surface area contributed by atoms with E-state index < -0.39 is 9.84 Å². The summed E-state index contributed by atoms with van der Waals surface area (Å²) in [5.41, 5.74) is 0. The van der Waals surface area contributed by atoms with Gasteiger partial charge in [0.15, 0.2) is 0 Å². The Morgan fingerprint density at radius 1 is 1.29 bits per heavy atom. The van der Waals surface area contributed by atoms with Gasteiger partial charge in [-0.15, -0.1) is 0 Å². The molecule has 17 heavy (non-hydrogen) atoms. The topological polar surface area (TPSA) is 46.2 Å². The van der Waals surface area contributed by atoms with Gasteiger partial charge in [-0.3, -0.25) is 0 Å². The molecule has 1 rings (SSSR count). The van der Waals surface area contributed by atoms with Crippen molar-refractivity contribution in [2.75, 3.05) is 30.1 Å². The molecule has 1 fully saturated rings. The van der Waals surface area contributed by atoms with Gasteiger partial charge in [-0.2, -0.15) is 11.8 Å². The normalized spacial score (nSPS) is 25.3. The summed E-state index contributed by atoms with van der Waals surface area (Å²) in [5, 5.41) is 3.55. The summed E-state index contributed by atoms with van der Waals surface area (Å²) in [6.45, 7) is 3.22. The van der Waals surface area contributed by atoms with Gasteiger partial charge in [0.25, 0.3) is 0 Å². The van der Waals surface area contributed by atoms with Gasteiger partial charge in [-0.05, 0) is 37.5 Å². The van der Waals surface area contributed by atoms with Crippen LogP contribution < -0.4 is 5.32 Å². The van der Waals surface area contributed by atoms with Crippen molar-refractivity contribution in [3.8, 4) is 0 Å². The highest BCUT2D eigenvalue weighted by Crippen LogP contribution is 2.29. The van der Waals surface area contributed by atoms with E-state index in [0.29, 0.717) is 11.8 Å². The molecule has 1 aliphatic carbocycles. The second-order valence-electron chi connectivity index (χ2n) is 4.89. The summed E-state index contributed by atoms with van der Waals surface area (Å²) in [4.78, 5) is 0. The number of hydrogen-bond donors (Lipinski definition) is 1. The number of nitrogens with one attached hydrogen (secondary N) is 1. The molecule has 2 atom stereocenters. The summed E-state index contributed by atoms with van der Waals surface area (Å²) in [7, 11) is -2.78. The van der Waals surface area contributed by atoms with Crippen molar-refractivity contribution in [3.05, 3.63) is 0 Å². The van der Waals surface area contributed by atoms with Crippen LogP contribution in [0.2, 0.25) is 0 Å². The van der Waals surface area contributed by atoms with Crippen LogP contribution in [-0.2, 0) is 9.84 Å². The van der Waals surface area contributed by atoms with Crippen LogP contribution >= 0.6 is 11.8 Å². The first-order valence-electron chi connectivity index (χ1n) is 6.52. The Morgan fingerprint density at radius 2 is 2.06 bits per heavy atom. The molecule has 0 aliphatic heterocycles. The lowest BCUT2D eigenvalue weighted by atomic mass is 10.0. The molecule has 3 nitrogen and oxygen atoms in total. The predicted octanol–water partition coefficient (Wildman–Crippen LogP) is 1.93. The highest BCUT2D eigenvalue weighted by molar-refractivity contribution is 8.00. The third kappa shape index (κ3) is 6.67. The van der Waals surface area contributed by atoms with Crippen molar-refractivity contribution >= 4 is 21.6 Å². The van der Waals surface area contributed by atoms with Crippen LogP contribution in [0.15, 0.2) is 0 Å². The van der Waals surface area contributed by atoms with E-state index in [2.05, 4.69) is 12.2 Å². The first-order chi connectivity index (χ1) is 8.03. The van der Waals surface area contributed by atoms with Gasteiger partial charge >= 0.3 is 0 Å². The van der Waals surface area contributed by atoms with Crippen LogP contribution in [0.1, 0.15) is 32.6 Å². The molecule has 0 aromatic heterocycles. The van der Waals surface area contributed by atoms with Gasteiger partial charge in [0.05, 0.1) is 5.75 Å². The van der Waals surface area contributed by atoms with E-state index in [-0.39, 0.29) is 0 Å². The number of rotatable bonds is 8. The van der Waals surface area contributed by atoms with Gasteiger partial charge in [-0.25, -0.2) is 8.42 Å². The molecule has 0 bridgehead atoms. The average molecular weight is 279 g/mol. The fourth-order valence-corrected chi connectivity index (χ4v) is 4.82. The maximum absolute atomic E-state index is 11.0. The maximum Gasteiger partial charge on any atom is 0.148 e. The zero-order chi connectivity index (χ0) is 12.7. The first-order valence-corrected chi connectivity index (χ1v) is 9.73. The first kappa shape index (κ1) is 15.3. The quantitative estimate of drug-likeness (QED) is 0.690. The van der Waals surface area contributed by atoms with E-state index in [1.165, 1.54) is 31.9 Å². The van der Waals surface area contributed by atoms with Crippen molar-refractivity contribution in [2.24, 2.45) is 5.92 Å². The molecule has 0 aromatic carbocycles. The minimum absolute atomic E-state index is 0.318. The zero-order valence-electron chi connectivity index (χ0n) is 10.9. The van der Waals surface area contributed by atoms with Gasteiger partial charge in [0, 0.05) is 18.1 Å². The Labute approximate surface area is 110 Å². The summed E-state index contributed by atoms with van der Waals surface area (Å²) < 4.78 is 21.9. The van der Waals surface area contributed by atoms with Crippen molar-refractivity contribution in [1.29, 1.82) is 0 Å². The Morgan fingerprint density at radius 3 is 2.71 bits per heavy atom. The Hall–Kier alpha value is 0.260. The van der Waals surface area contributed by atoms with Crippen LogP contribution in [-0.4, -0.2) is 44.5 Å². The minimum atomic E-state index is -2.78. The molecule has 1 saturated carbocycles. The van der Waals surface area contributed by atoms with Crippen LogP contribution in [0.4, 0.5) is 0 Å². The lowest BCUT2D eigenvalue weighted by Crippen LogP contribution is -2.32. The fraction of sp³-hybridized carbons (Fsp3) is 1.00. The van der Waals surface area contributed by atoms with E-state index >= 15 is 0 Å². The highest BCUT2D eigenvalue weighted by atomic mass is 32.2. The molecule has 0 aromatic rings. The van der Waals surface area contributed by atoms with E-state index in [9.17, 15) is 8.42 Å². The predicted molar refractivity (Wildman–Crippen MR) is 76.5 cm³/mol. The molecular formula is C12H25NO2S2. The molecule has 0 heterocycles. The van der Waals surface area contributed by atoms with E-state index in [1.807, 2.05) is 0 Å². The monoisotopic (exact) mass is 279 g/mol. The average Bonchev–Trinajstić information content (AvgIpc) is 2.64. The maximum atomic E-state index is 11.0. The third-order valence-corrected chi connectivity index (χ3v) is 5.58. The molecule has 102 valence electrons. The lowest BCUT2D eigenvalue weighted by Gasteiger charge is -2.19. The summed E-state index contributed by atoms with van der Waals surface area (Å²) in [6, 6.07) is 0.704. The van der Waals surface area contributed by atoms with Crippen LogP contribution in [0, 0.1) is 5.92 Å². The SMILES string of the molecule is CCNC1CCCC1CCSCCS(C)(=O)=O. The standard InChI is InChI=1S/C12H25NO2S2/c1-3-13-12-6-4-5-11(12)7-8-16-9-10-17(2,14)15/h11-13H,3-10H2,1-2H3. The fourth-order valence-electron chi connectivity index (χ4n) is 2.46. The molecule has 2 unspecified atom stereocenters. The number of sulfone groups is 1. The number of thioether (sulfide) groups is 1. The molecular weight excluding hydrogens is 254 g/mol. The number of hydrogen-bond acceptors (Lipinski definition) is 4. The largest absolute Gasteiger partial charge is 0.314 e. The summed E-state index contributed by atoms with van der Waals surface area (Å²) in [5.74, 6) is 2.97. The lowest BCUT2D eigenvalue weighted by molar-refractivity contribution is 0.400. The molecule has 0 spiro atoms. The second-order valence-corrected chi connectivity index (χ2v) is 8.37. The molecule has 1 aliphatic rings. The Bertz CT molecular complexity index is 304. The zero-order valence-corrected chi connectivity index (χ0v) is 12.6. The smallest absolute Gasteiger partial charge is 0.148 e. The van der Waals surface area contributed by atoms with E-state index in [4.69, 9.17) is 0 Å². The van der Waals surface area contributed by atoms with Crippen molar-refractivity contribution < 1.29 is 8.42 Å². The van der Waals surface area contributed by atoms with Crippen molar-refractivity contribution in [1.82, 2.24) is 5.32 Å². The Balaban J connectivity index is 2.09. The molecule has 0 amide bonds. The summed E-state index contributed by atoms with van der Waals surface area (Å²) >= 11 is 1.78. The van der Waals surface area contributed by atoms with Gasteiger partial charge in [0.1, 0.15) is 9.84 Å². The molecule has 0 radical (unpaired) electrons. The molecule has 1 N–H and O–H groups in total. The molecule has 5 heteroatoms. The van der Waals surface area contributed by atoms with Crippen molar-refractivity contribution in [2.45, 2.75) is 38.6 Å². The van der Waals surface area contributed by atoms with Crippen LogP contribution in [0.5, 0.6) is 0 Å². The van der Waals surface area contributed by atoms with Crippen molar-refractivity contribution in [3.63, 3.8) is 0 Å². The Kier molecular flexibility index (Phi) is 6.89. The molecule has 0 saturated heterocycles. The second kappa shape index (κ2) is 7.64. The third-order valence-electron chi connectivity index (χ3n) is 3.36. The van der Waals surface area contributed by atoms with Crippen LogP contribution in [0.3, 0.4) is 0 Å². The van der Waals surface area contributed by atoms with E-state index in [1.54, 1.807) is 11.8 Å². The highest BCUT2D eigenvalue weighted by Gasteiger charge is 2.25. The van der Waals surface area contributed by atoms with Gasteiger partial charge < -0.3 is 5.32 Å². The van der Waals surface area contributed by atoms with Crippen LogP contribution in [0.25, 0.3) is 0 Å². The van der Waals surface area contributed by atoms with Gasteiger partial charge in [0.2, 0.25) is 0 Å². The van der Waals surface area contributed by atoms with Gasteiger partial charge in [-0.1, -0.05) is 13.3 Å². The summed E-state index contributed by atoms with van der Waals surface area (Å²) in [6.07, 6.45) is 6.53.